The number of aromatic nitrogens is 2. The molecule has 0 bridgehead atoms. The molecule has 0 spiro atoms. The molecule has 0 aliphatic heterocycles. The molecule has 1 unspecified atom stereocenters. The molecule has 0 saturated heterocycles. The molecule has 1 aliphatic carbocycles. The number of nitrogens with one attached hydrogen (secondary N) is 1. The molecule has 1 heterocycles. The van der Waals surface area contributed by atoms with Gasteiger partial charge in [-0.05, 0) is 55.7 Å². The fourth-order valence-electron chi connectivity index (χ4n) is 4.84. The van der Waals surface area contributed by atoms with Gasteiger partial charge in [-0.15, -0.1) is 0 Å². The van der Waals surface area contributed by atoms with E-state index in [1.807, 2.05) is 13.8 Å². The molecule has 7 nitrogen and oxygen atoms in total. The Morgan fingerprint density at radius 2 is 1.88 bits per heavy atom. The predicted octanol–water partition coefficient (Wildman–Crippen LogP) is 6.38. The number of hydrogen-bond donors (Lipinski definition) is 2. The van der Waals surface area contributed by atoms with Gasteiger partial charge < -0.3 is 20.1 Å². The van der Waals surface area contributed by atoms with Crippen LogP contribution in [0.25, 0.3) is 0 Å². The Kier molecular flexibility index (Phi) is 9.54. The summed E-state index contributed by atoms with van der Waals surface area (Å²) in [5, 5.41) is 12.9. The maximum atomic E-state index is 11.5. The predicted molar refractivity (Wildman–Crippen MR) is 137 cm³/mol. The van der Waals surface area contributed by atoms with E-state index in [-0.39, 0.29) is 12.3 Å². The number of ether oxygens (including phenoxy) is 1. The highest BCUT2D eigenvalue weighted by Gasteiger charge is 2.25. The minimum absolute atomic E-state index is 0.0306. The largest absolute Gasteiger partial charge is 0.481 e. The van der Waals surface area contributed by atoms with E-state index in [0.29, 0.717) is 24.6 Å². The van der Waals surface area contributed by atoms with Gasteiger partial charge in [-0.2, -0.15) is 0 Å². The van der Waals surface area contributed by atoms with Crippen LogP contribution in [0.5, 0.6) is 6.01 Å². The van der Waals surface area contributed by atoms with Crippen LogP contribution >= 0.6 is 0 Å². The van der Waals surface area contributed by atoms with Crippen molar-refractivity contribution in [2.24, 2.45) is 5.92 Å². The molecule has 2 aromatic rings. The Balaban J connectivity index is 2.00. The number of benzene rings is 1. The molecule has 1 aromatic heterocycles. The van der Waals surface area contributed by atoms with Crippen molar-refractivity contribution in [1.82, 2.24) is 9.97 Å². The molecular weight excluding hydrogens is 428 g/mol. The minimum Gasteiger partial charge on any atom is -0.481 e. The summed E-state index contributed by atoms with van der Waals surface area (Å²) in [5.41, 5.74) is 3.95. The number of carbonyl (C=O) groups is 1. The normalized spacial score (nSPS) is 15.2. The third kappa shape index (κ3) is 7.08. The topological polar surface area (TPSA) is 87.6 Å². The van der Waals surface area contributed by atoms with E-state index in [0.717, 1.165) is 35.6 Å². The Labute approximate surface area is 204 Å². The Morgan fingerprint density at radius 3 is 2.47 bits per heavy atom. The average Bonchev–Trinajstić information content (AvgIpc) is 2.83. The van der Waals surface area contributed by atoms with Crippen LogP contribution in [-0.4, -0.2) is 40.2 Å². The summed E-state index contributed by atoms with van der Waals surface area (Å²) in [6.07, 6.45) is 10.6. The number of hydrogen-bond acceptors (Lipinski definition) is 6. The summed E-state index contributed by atoms with van der Waals surface area (Å²) in [7, 11) is 0. The van der Waals surface area contributed by atoms with Gasteiger partial charge in [0.05, 0.1) is 42.5 Å². The van der Waals surface area contributed by atoms with Crippen molar-refractivity contribution in [3.05, 3.63) is 36.2 Å². The average molecular weight is 469 g/mol. The number of carboxylic acid groups (broad SMARTS) is 1. The summed E-state index contributed by atoms with van der Waals surface area (Å²) >= 11 is 0. The number of rotatable bonds is 12. The van der Waals surface area contributed by atoms with Gasteiger partial charge in [0, 0.05) is 12.6 Å². The van der Waals surface area contributed by atoms with Crippen LogP contribution in [0.4, 0.5) is 17.1 Å². The SMILES string of the molecule is CCOc1ncc(Nc2cc(C(CC)CC(=O)O)ccc2N(CC(C)C)C2CCCCC2)cn1. The Hall–Kier alpha value is -2.83. The van der Waals surface area contributed by atoms with Crippen molar-refractivity contribution >= 4 is 23.0 Å². The lowest BCUT2D eigenvalue weighted by atomic mass is 9.90. The molecule has 1 saturated carbocycles. The third-order valence-corrected chi connectivity index (χ3v) is 6.47. The first-order valence-electron chi connectivity index (χ1n) is 12.7. The fraction of sp³-hybridized carbons (Fsp3) is 0.593. The van der Waals surface area contributed by atoms with Crippen molar-refractivity contribution in [3.8, 4) is 6.01 Å². The van der Waals surface area contributed by atoms with Crippen LogP contribution in [0.1, 0.15) is 84.1 Å². The fourth-order valence-corrected chi connectivity index (χ4v) is 4.84. The number of nitrogens with zero attached hydrogens (tertiary/aromatic N) is 3. The monoisotopic (exact) mass is 468 g/mol. The standard InChI is InChI=1S/C27H40N4O3/c1-5-20(15-26(32)33)21-12-13-25(31(18-19(3)4)23-10-8-7-9-11-23)24(14-21)30-22-16-28-27(29-17-22)34-6-2/h12-14,16-17,19-20,23,30H,5-11,15,18H2,1-4H3,(H,32,33). The van der Waals surface area contributed by atoms with Crippen molar-refractivity contribution in [2.45, 2.75) is 84.6 Å². The lowest BCUT2D eigenvalue weighted by Gasteiger charge is -2.38. The lowest BCUT2D eigenvalue weighted by Crippen LogP contribution is -2.39. The van der Waals surface area contributed by atoms with Gasteiger partial charge >= 0.3 is 12.0 Å². The van der Waals surface area contributed by atoms with Gasteiger partial charge in [-0.1, -0.05) is 46.1 Å². The van der Waals surface area contributed by atoms with Gasteiger partial charge in [0.1, 0.15) is 0 Å². The molecule has 1 aromatic carbocycles. The second-order valence-electron chi connectivity index (χ2n) is 9.63. The van der Waals surface area contributed by atoms with Crippen molar-refractivity contribution in [1.29, 1.82) is 0 Å². The maximum absolute atomic E-state index is 11.5. The molecule has 3 rings (SSSR count). The van der Waals surface area contributed by atoms with E-state index >= 15 is 0 Å². The molecule has 1 fully saturated rings. The highest BCUT2D eigenvalue weighted by atomic mass is 16.5. The first-order chi connectivity index (χ1) is 16.4. The van der Waals surface area contributed by atoms with Crippen LogP contribution in [-0.2, 0) is 4.79 Å². The first kappa shape index (κ1) is 25.8. The van der Waals surface area contributed by atoms with Crippen LogP contribution in [0.2, 0.25) is 0 Å². The van der Waals surface area contributed by atoms with Gasteiger partial charge in [0.25, 0.3) is 0 Å². The third-order valence-electron chi connectivity index (χ3n) is 6.47. The van der Waals surface area contributed by atoms with Gasteiger partial charge in [-0.25, -0.2) is 9.97 Å². The van der Waals surface area contributed by atoms with E-state index in [1.54, 1.807) is 12.4 Å². The van der Waals surface area contributed by atoms with Crippen molar-refractivity contribution in [2.75, 3.05) is 23.4 Å². The quantitative estimate of drug-likeness (QED) is 0.373. The first-order valence-corrected chi connectivity index (χ1v) is 12.7. The molecule has 186 valence electrons. The minimum atomic E-state index is -0.769. The molecule has 2 N–H and O–H groups in total. The summed E-state index contributed by atoms with van der Waals surface area (Å²) in [4.78, 5) is 22.6. The summed E-state index contributed by atoms with van der Waals surface area (Å²) in [6, 6.07) is 7.29. The summed E-state index contributed by atoms with van der Waals surface area (Å²) in [5.74, 6) is -0.274. The van der Waals surface area contributed by atoms with Crippen LogP contribution in [0, 0.1) is 5.92 Å². The lowest BCUT2D eigenvalue weighted by molar-refractivity contribution is -0.137. The van der Waals surface area contributed by atoms with E-state index in [9.17, 15) is 9.90 Å². The molecule has 1 aliphatic rings. The van der Waals surface area contributed by atoms with Crippen molar-refractivity contribution in [3.63, 3.8) is 0 Å². The molecule has 0 amide bonds. The number of anilines is 3. The summed E-state index contributed by atoms with van der Waals surface area (Å²) < 4.78 is 5.38. The zero-order chi connectivity index (χ0) is 24.5. The highest BCUT2D eigenvalue weighted by molar-refractivity contribution is 5.77. The molecule has 1 atom stereocenters. The van der Waals surface area contributed by atoms with E-state index in [2.05, 4.69) is 52.2 Å². The van der Waals surface area contributed by atoms with Crippen LogP contribution in [0.15, 0.2) is 30.6 Å². The van der Waals surface area contributed by atoms with Gasteiger partial charge in [0.15, 0.2) is 0 Å². The van der Waals surface area contributed by atoms with Crippen LogP contribution in [0.3, 0.4) is 0 Å². The van der Waals surface area contributed by atoms with Gasteiger partial charge in [0.2, 0.25) is 0 Å². The second kappa shape index (κ2) is 12.6. The molecule has 34 heavy (non-hydrogen) atoms. The molecular formula is C27H40N4O3. The maximum Gasteiger partial charge on any atom is 0.316 e. The number of aliphatic carboxylic acids is 1. The second-order valence-corrected chi connectivity index (χ2v) is 9.63. The number of carboxylic acids is 1. The zero-order valence-electron chi connectivity index (χ0n) is 21.1. The zero-order valence-corrected chi connectivity index (χ0v) is 21.1. The van der Waals surface area contributed by atoms with Crippen LogP contribution < -0.4 is 15.0 Å². The molecule has 0 radical (unpaired) electrons. The summed E-state index contributed by atoms with van der Waals surface area (Å²) in [6.45, 7) is 9.97. The molecule has 7 heteroatoms. The Bertz CT molecular complexity index is 911. The highest BCUT2D eigenvalue weighted by Crippen LogP contribution is 2.37. The van der Waals surface area contributed by atoms with E-state index in [4.69, 9.17) is 4.74 Å². The van der Waals surface area contributed by atoms with E-state index < -0.39 is 5.97 Å². The van der Waals surface area contributed by atoms with Gasteiger partial charge in [-0.3, -0.25) is 4.79 Å². The Morgan fingerprint density at radius 1 is 1.18 bits per heavy atom. The van der Waals surface area contributed by atoms with Crippen molar-refractivity contribution < 1.29 is 14.6 Å². The van der Waals surface area contributed by atoms with E-state index in [1.165, 1.54) is 32.1 Å². The smallest absolute Gasteiger partial charge is 0.316 e.